The Kier molecular flexibility index (Phi) is 3.46. The summed E-state index contributed by atoms with van der Waals surface area (Å²) in [5.74, 6) is 3.31. The summed E-state index contributed by atoms with van der Waals surface area (Å²) in [5.41, 5.74) is 0.327. The number of terminal acetylenes is 1. The van der Waals surface area contributed by atoms with Gasteiger partial charge in [-0.2, -0.15) is 10.2 Å². The number of rotatable bonds is 3. The zero-order valence-electron chi connectivity index (χ0n) is 7.82. The number of ether oxygens (including phenoxy) is 1. The molecule has 14 heavy (non-hydrogen) atoms. The highest BCUT2D eigenvalue weighted by atomic mass is 16.5. The SMILES string of the molecule is C#CCCOc1nc(C)ncc1C#N. The van der Waals surface area contributed by atoms with Crippen molar-refractivity contribution in [1.82, 2.24) is 9.97 Å². The molecule has 0 radical (unpaired) electrons. The molecule has 1 heterocycles. The average molecular weight is 187 g/mol. The van der Waals surface area contributed by atoms with Crippen molar-refractivity contribution in [3.05, 3.63) is 17.6 Å². The van der Waals surface area contributed by atoms with Crippen molar-refractivity contribution in [2.45, 2.75) is 13.3 Å². The van der Waals surface area contributed by atoms with Gasteiger partial charge in [0.25, 0.3) is 0 Å². The van der Waals surface area contributed by atoms with E-state index in [1.54, 1.807) is 6.92 Å². The topological polar surface area (TPSA) is 58.8 Å². The van der Waals surface area contributed by atoms with E-state index in [9.17, 15) is 0 Å². The zero-order valence-corrected chi connectivity index (χ0v) is 7.82. The van der Waals surface area contributed by atoms with Crippen LogP contribution >= 0.6 is 0 Å². The largest absolute Gasteiger partial charge is 0.476 e. The van der Waals surface area contributed by atoms with Gasteiger partial charge in [0, 0.05) is 6.42 Å². The third-order valence-corrected chi connectivity index (χ3v) is 1.48. The summed E-state index contributed by atoms with van der Waals surface area (Å²) in [4.78, 5) is 7.88. The smallest absolute Gasteiger partial charge is 0.235 e. The van der Waals surface area contributed by atoms with Crippen molar-refractivity contribution in [2.75, 3.05) is 6.61 Å². The van der Waals surface area contributed by atoms with Crippen molar-refractivity contribution >= 4 is 0 Å². The molecule has 4 nitrogen and oxygen atoms in total. The first-order valence-corrected chi connectivity index (χ1v) is 4.08. The second-order valence-corrected chi connectivity index (χ2v) is 2.55. The molecule has 70 valence electrons. The highest BCUT2D eigenvalue weighted by molar-refractivity contribution is 5.35. The highest BCUT2D eigenvalue weighted by Gasteiger charge is 2.05. The Hall–Kier alpha value is -2.07. The van der Waals surface area contributed by atoms with Crippen LogP contribution in [-0.4, -0.2) is 16.6 Å². The van der Waals surface area contributed by atoms with Crippen molar-refractivity contribution < 1.29 is 4.74 Å². The molecule has 0 spiro atoms. The molecular formula is C10H9N3O. The number of hydrogen-bond donors (Lipinski definition) is 0. The molecule has 1 aromatic heterocycles. The van der Waals surface area contributed by atoms with Crippen molar-refractivity contribution in [1.29, 1.82) is 5.26 Å². The van der Waals surface area contributed by atoms with Crippen LogP contribution in [0, 0.1) is 30.6 Å². The van der Waals surface area contributed by atoms with E-state index in [1.807, 2.05) is 6.07 Å². The molecule has 4 heteroatoms. The molecule has 0 bridgehead atoms. The van der Waals surface area contributed by atoms with Gasteiger partial charge >= 0.3 is 0 Å². The minimum Gasteiger partial charge on any atom is -0.476 e. The van der Waals surface area contributed by atoms with E-state index in [1.165, 1.54) is 6.20 Å². The summed E-state index contributed by atoms with van der Waals surface area (Å²) in [7, 11) is 0. The zero-order chi connectivity index (χ0) is 10.4. The van der Waals surface area contributed by atoms with Crippen LogP contribution < -0.4 is 4.74 Å². The van der Waals surface area contributed by atoms with Gasteiger partial charge in [-0.05, 0) is 6.92 Å². The van der Waals surface area contributed by atoms with E-state index in [4.69, 9.17) is 16.4 Å². The standard InChI is InChI=1S/C10H9N3O/c1-3-4-5-14-10-9(6-11)7-12-8(2)13-10/h1,7H,4-5H2,2H3. The molecule has 0 aliphatic rings. The van der Waals surface area contributed by atoms with E-state index < -0.39 is 0 Å². The second kappa shape index (κ2) is 4.84. The Bertz CT molecular complexity index is 401. The Labute approximate surface area is 82.6 Å². The maximum absolute atomic E-state index is 8.72. The lowest BCUT2D eigenvalue weighted by Crippen LogP contribution is -2.02. The Morgan fingerprint density at radius 2 is 2.43 bits per heavy atom. The van der Waals surface area contributed by atoms with Gasteiger partial charge in [-0.3, -0.25) is 0 Å². The Morgan fingerprint density at radius 1 is 1.64 bits per heavy atom. The summed E-state index contributed by atoms with van der Waals surface area (Å²) in [6.07, 6.45) is 7.00. The van der Waals surface area contributed by atoms with Gasteiger partial charge in [0.1, 0.15) is 24.1 Å². The predicted molar refractivity (Wildman–Crippen MR) is 50.4 cm³/mol. The molecule has 0 aliphatic heterocycles. The first kappa shape index (κ1) is 10.0. The summed E-state index contributed by atoms with van der Waals surface area (Å²) in [5, 5.41) is 8.72. The summed E-state index contributed by atoms with van der Waals surface area (Å²) in [6.45, 7) is 2.09. The highest BCUT2D eigenvalue weighted by Crippen LogP contribution is 2.12. The van der Waals surface area contributed by atoms with Gasteiger partial charge in [-0.25, -0.2) is 4.98 Å². The minimum atomic E-state index is 0.301. The molecule has 0 unspecified atom stereocenters. The monoisotopic (exact) mass is 187 g/mol. The van der Waals surface area contributed by atoms with Crippen LogP contribution in [0.2, 0.25) is 0 Å². The van der Waals surface area contributed by atoms with Crippen molar-refractivity contribution in [2.24, 2.45) is 0 Å². The molecule has 0 atom stereocenters. The van der Waals surface area contributed by atoms with Crippen molar-refractivity contribution in [3.63, 3.8) is 0 Å². The van der Waals surface area contributed by atoms with Crippen LogP contribution in [0.5, 0.6) is 5.88 Å². The van der Waals surface area contributed by atoms with Crippen LogP contribution in [0.3, 0.4) is 0 Å². The van der Waals surface area contributed by atoms with E-state index in [-0.39, 0.29) is 0 Å². The quantitative estimate of drug-likeness (QED) is 0.524. The first-order valence-electron chi connectivity index (χ1n) is 4.08. The van der Waals surface area contributed by atoms with E-state index in [2.05, 4.69) is 15.9 Å². The lowest BCUT2D eigenvalue weighted by molar-refractivity contribution is 0.312. The lowest BCUT2D eigenvalue weighted by atomic mass is 10.3. The van der Waals surface area contributed by atoms with Crippen LogP contribution in [0.1, 0.15) is 17.8 Å². The van der Waals surface area contributed by atoms with Gasteiger partial charge < -0.3 is 4.74 Å². The number of hydrogen-bond acceptors (Lipinski definition) is 4. The van der Waals surface area contributed by atoms with E-state index in [0.29, 0.717) is 30.3 Å². The van der Waals surface area contributed by atoms with Crippen LogP contribution in [0.15, 0.2) is 6.20 Å². The van der Waals surface area contributed by atoms with Gasteiger partial charge in [0.15, 0.2) is 0 Å². The molecule has 0 aromatic carbocycles. The Balaban J connectivity index is 2.80. The molecule has 0 saturated heterocycles. The molecule has 0 amide bonds. The normalized spacial score (nSPS) is 8.79. The molecule has 0 saturated carbocycles. The maximum atomic E-state index is 8.72. The molecule has 0 N–H and O–H groups in total. The van der Waals surface area contributed by atoms with Gasteiger partial charge in [0.2, 0.25) is 5.88 Å². The summed E-state index contributed by atoms with van der Waals surface area (Å²) in [6, 6.07) is 1.95. The average Bonchev–Trinajstić information content (AvgIpc) is 2.19. The van der Waals surface area contributed by atoms with E-state index >= 15 is 0 Å². The fourth-order valence-corrected chi connectivity index (χ4v) is 0.843. The lowest BCUT2D eigenvalue weighted by Gasteiger charge is -2.04. The molecular weight excluding hydrogens is 178 g/mol. The number of aromatic nitrogens is 2. The van der Waals surface area contributed by atoms with Crippen molar-refractivity contribution in [3.8, 4) is 24.3 Å². The first-order chi connectivity index (χ1) is 6.77. The number of aryl methyl sites for hydroxylation is 1. The summed E-state index contributed by atoms with van der Waals surface area (Å²) < 4.78 is 5.23. The molecule has 1 aromatic rings. The van der Waals surface area contributed by atoms with Crippen LogP contribution in [0.4, 0.5) is 0 Å². The van der Waals surface area contributed by atoms with Gasteiger partial charge in [-0.15, -0.1) is 12.3 Å². The van der Waals surface area contributed by atoms with Crippen LogP contribution in [-0.2, 0) is 0 Å². The fourth-order valence-electron chi connectivity index (χ4n) is 0.843. The molecule has 1 rings (SSSR count). The van der Waals surface area contributed by atoms with Gasteiger partial charge in [0.05, 0.1) is 6.20 Å². The Morgan fingerprint density at radius 3 is 3.07 bits per heavy atom. The second-order valence-electron chi connectivity index (χ2n) is 2.55. The fraction of sp³-hybridized carbons (Fsp3) is 0.300. The third kappa shape index (κ3) is 2.46. The molecule has 0 fully saturated rings. The third-order valence-electron chi connectivity index (χ3n) is 1.48. The maximum Gasteiger partial charge on any atom is 0.235 e. The number of nitrogens with zero attached hydrogens (tertiary/aromatic N) is 3. The predicted octanol–water partition coefficient (Wildman–Crippen LogP) is 1.06. The number of nitriles is 1. The van der Waals surface area contributed by atoms with E-state index in [0.717, 1.165) is 0 Å². The molecule has 0 aliphatic carbocycles. The van der Waals surface area contributed by atoms with Crippen LogP contribution in [0.25, 0.3) is 0 Å². The minimum absolute atomic E-state index is 0.301. The van der Waals surface area contributed by atoms with Gasteiger partial charge in [-0.1, -0.05) is 0 Å². The summed E-state index contributed by atoms with van der Waals surface area (Å²) >= 11 is 0.